The zero-order chi connectivity index (χ0) is 30.8. The molecule has 1 heterocycles. The summed E-state index contributed by atoms with van der Waals surface area (Å²) in [4.78, 5) is 37.3. The fraction of sp³-hybridized carbons (Fsp3) is 0.710. The number of anilines is 1. The molecular formula is C31H61N5O3. The zero-order valence-electron chi connectivity index (χ0n) is 27.2. The van der Waals surface area contributed by atoms with E-state index in [4.69, 9.17) is 0 Å². The maximum absolute atomic E-state index is 12.2. The monoisotopic (exact) mass is 551 g/mol. The Morgan fingerprint density at radius 1 is 1.05 bits per heavy atom. The number of nitrogens with one attached hydrogen (secondary N) is 3. The van der Waals surface area contributed by atoms with Gasteiger partial charge in [0, 0.05) is 37.9 Å². The predicted molar refractivity (Wildman–Crippen MR) is 169 cm³/mol. The number of amides is 2. The van der Waals surface area contributed by atoms with Gasteiger partial charge in [0.2, 0.25) is 12.3 Å². The van der Waals surface area contributed by atoms with Crippen LogP contribution in [0.2, 0.25) is 0 Å². The van der Waals surface area contributed by atoms with Crippen LogP contribution in [0.4, 0.5) is 5.69 Å². The van der Waals surface area contributed by atoms with Gasteiger partial charge in [0.25, 0.3) is 0 Å². The second-order valence-corrected chi connectivity index (χ2v) is 9.75. The van der Waals surface area contributed by atoms with Gasteiger partial charge in [-0.25, -0.2) is 0 Å². The summed E-state index contributed by atoms with van der Waals surface area (Å²) >= 11 is 0. The van der Waals surface area contributed by atoms with Gasteiger partial charge in [-0.3, -0.25) is 14.4 Å². The highest BCUT2D eigenvalue weighted by molar-refractivity contribution is 6.00. The van der Waals surface area contributed by atoms with Crippen LogP contribution in [0.1, 0.15) is 90.9 Å². The Morgan fingerprint density at radius 2 is 1.56 bits per heavy atom. The van der Waals surface area contributed by atoms with Crippen molar-refractivity contribution in [1.82, 2.24) is 20.9 Å². The van der Waals surface area contributed by atoms with Gasteiger partial charge in [0.1, 0.15) is 0 Å². The number of carbonyl (C=O) groups excluding carboxylic acids is 3. The number of likely N-dealkylation sites (tertiary alicyclic amines) is 1. The fourth-order valence-electron chi connectivity index (χ4n) is 3.76. The number of unbranched alkanes of at least 4 members (excludes halogenated alkanes) is 2. The Balaban J connectivity index is -0.000000510. The lowest BCUT2D eigenvalue weighted by atomic mass is 9.95. The molecule has 228 valence electrons. The van der Waals surface area contributed by atoms with Crippen LogP contribution in [0.25, 0.3) is 0 Å². The summed E-state index contributed by atoms with van der Waals surface area (Å²) in [5.41, 5.74) is 1.87. The molecule has 2 amide bonds. The topological polar surface area (TPSA) is 93.8 Å². The zero-order valence-corrected chi connectivity index (χ0v) is 27.2. The highest BCUT2D eigenvalue weighted by atomic mass is 16.2. The van der Waals surface area contributed by atoms with E-state index in [2.05, 4.69) is 29.8 Å². The summed E-state index contributed by atoms with van der Waals surface area (Å²) in [7, 11) is 9.56. The Kier molecular flexibility index (Phi) is 28.5. The van der Waals surface area contributed by atoms with Crippen molar-refractivity contribution < 1.29 is 14.4 Å². The fourth-order valence-corrected chi connectivity index (χ4v) is 3.76. The molecule has 0 spiro atoms. The van der Waals surface area contributed by atoms with E-state index >= 15 is 0 Å². The third kappa shape index (κ3) is 19.3. The van der Waals surface area contributed by atoms with E-state index < -0.39 is 0 Å². The van der Waals surface area contributed by atoms with Gasteiger partial charge in [-0.05, 0) is 71.1 Å². The van der Waals surface area contributed by atoms with E-state index in [1.54, 1.807) is 0 Å². The van der Waals surface area contributed by atoms with Crippen molar-refractivity contribution in [3.05, 3.63) is 29.8 Å². The van der Waals surface area contributed by atoms with Gasteiger partial charge in [-0.1, -0.05) is 60.8 Å². The summed E-state index contributed by atoms with van der Waals surface area (Å²) in [6.45, 7) is 15.5. The van der Waals surface area contributed by atoms with Gasteiger partial charge in [0.15, 0.2) is 5.78 Å². The molecule has 1 aromatic rings. The average molecular weight is 552 g/mol. The van der Waals surface area contributed by atoms with E-state index in [1.807, 2.05) is 104 Å². The number of carbonyl (C=O) groups is 3. The highest BCUT2D eigenvalue weighted by Gasteiger charge is 2.24. The van der Waals surface area contributed by atoms with Crippen molar-refractivity contribution in [3.63, 3.8) is 0 Å². The Morgan fingerprint density at radius 3 is 1.87 bits per heavy atom. The van der Waals surface area contributed by atoms with E-state index in [-0.39, 0.29) is 24.3 Å². The molecule has 2 atom stereocenters. The highest BCUT2D eigenvalue weighted by Crippen LogP contribution is 2.16. The molecule has 8 heteroatoms. The number of nitrogens with zero attached hydrogens (tertiary/aromatic N) is 2. The molecule has 1 aliphatic rings. The van der Waals surface area contributed by atoms with Crippen LogP contribution in [0.5, 0.6) is 0 Å². The second-order valence-electron chi connectivity index (χ2n) is 9.75. The first kappa shape index (κ1) is 41.0. The maximum atomic E-state index is 12.2. The molecule has 1 saturated heterocycles. The molecule has 0 saturated carbocycles. The Labute approximate surface area is 240 Å². The van der Waals surface area contributed by atoms with Crippen LogP contribution >= 0.6 is 0 Å². The minimum absolute atomic E-state index is 0.0205. The first-order chi connectivity index (χ1) is 18.6. The van der Waals surface area contributed by atoms with Crippen molar-refractivity contribution in [2.45, 2.75) is 92.7 Å². The summed E-state index contributed by atoms with van der Waals surface area (Å²) in [5.74, 6) is 0.473. The Hall–Kier alpha value is -2.45. The largest absolute Gasteiger partial charge is 0.378 e. The lowest BCUT2D eigenvalue weighted by molar-refractivity contribution is -0.131. The predicted octanol–water partition coefficient (Wildman–Crippen LogP) is 4.98. The number of hydrogen-bond acceptors (Lipinski definition) is 6. The lowest BCUT2D eigenvalue weighted by Crippen LogP contribution is -2.39. The minimum atomic E-state index is -0.111. The quantitative estimate of drug-likeness (QED) is 0.281. The maximum Gasteiger partial charge on any atom is 0.242 e. The van der Waals surface area contributed by atoms with Gasteiger partial charge in [-0.2, -0.15) is 0 Å². The molecule has 0 aliphatic carbocycles. The molecule has 8 nitrogen and oxygen atoms in total. The van der Waals surface area contributed by atoms with Crippen LogP contribution in [0, 0.1) is 5.92 Å². The van der Waals surface area contributed by atoms with Crippen LogP contribution in [0.15, 0.2) is 24.3 Å². The van der Waals surface area contributed by atoms with Crippen LogP contribution in [0.3, 0.4) is 0 Å². The van der Waals surface area contributed by atoms with Crippen molar-refractivity contribution in [1.29, 1.82) is 0 Å². The van der Waals surface area contributed by atoms with Gasteiger partial charge in [0.05, 0.1) is 12.6 Å². The van der Waals surface area contributed by atoms with Gasteiger partial charge < -0.3 is 25.8 Å². The molecule has 1 fully saturated rings. The van der Waals surface area contributed by atoms with E-state index in [0.717, 1.165) is 30.6 Å². The first-order valence-corrected chi connectivity index (χ1v) is 14.6. The number of rotatable bonds is 10. The molecule has 1 aliphatic heterocycles. The van der Waals surface area contributed by atoms with Crippen molar-refractivity contribution in [3.8, 4) is 0 Å². The van der Waals surface area contributed by atoms with Crippen molar-refractivity contribution >= 4 is 23.8 Å². The molecule has 0 radical (unpaired) electrons. The minimum Gasteiger partial charge on any atom is -0.378 e. The number of ketones is 1. The summed E-state index contributed by atoms with van der Waals surface area (Å²) in [6, 6.07) is 7.96. The number of benzene rings is 1. The van der Waals surface area contributed by atoms with E-state index in [9.17, 15) is 14.4 Å². The number of hydrogen-bond donors (Lipinski definition) is 3. The van der Waals surface area contributed by atoms with Gasteiger partial charge in [-0.15, -0.1) is 0 Å². The summed E-state index contributed by atoms with van der Waals surface area (Å²) in [6.07, 6.45) is 6.78. The third-order valence-electron chi connectivity index (χ3n) is 5.85. The molecule has 3 N–H and O–H groups in total. The molecular weight excluding hydrogens is 490 g/mol. The summed E-state index contributed by atoms with van der Waals surface area (Å²) < 4.78 is 0. The molecule has 39 heavy (non-hydrogen) atoms. The number of Topliss-reactive ketones (excluding diaryl/α,β-unsaturated/α-hetero) is 1. The van der Waals surface area contributed by atoms with Crippen LogP contribution in [-0.2, 0) is 9.59 Å². The number of likely N-dealkylation sites (N-methyl/N-ethyl adjacent to an activating group) is 1. The second kappa shape index (κ2) is 27.1. The smallest absolute Gasteiger partial charge is 0.242 e. The molecule has 0 bridgehead atoms. The Bertz CT molecular complexity index is 721. The summed E-state index contributed by atoms with van der Waals surface area (Å²) in [5, 5.41) is 8.20. The van der Waals surface area contributed by atoms with Crippen LogP contribution < -0.4 is 20.9 Å². The molecule has 1 unspecified atom stereocenters. The molecule has 1 aromatic carbocycles. The average Bonchev–Trinajstić information content (AvgIpc) is 3.36. The molecule has 2 rings (SSSR count). The SMILES string of the molecule is CC.CCCCC.CNC.CNC(C(=O)c1ccc(N(C)C)cc1)C(C)C.C[C@@H]1CCCN1C(=O)CNC=O. The van der Waals surface area contributed by atoms with E-state index in [1.165, 1.54) is 19.3 Å². The standard InChI is InChI=1S/C14H22N2O.C8H14N2O2.C5H12.C2H7N.C2H6/c1-10(2)13(15-3)14(17)11-6-8-12(9-7-11)16(4)5;1-7-3-2-4-10(7)8(12)5-9-6-11;1-3-5-4-2;1-3-2;1-2/h6-10,13,15H,1-5H3;6-7H,2-5H2,1H3,(H,9,11);3-5H2,1-2H3;3H,1-2H3;1-2H3/t;7-;;;/m.1.../s1. The van der Waals surface area contributed by atoms with Crippen LogP contribution in [-0.4, -0.2) is 83.4 Å². The van der Waals surface area contributed by atoms with Crippen molar-refractivity contribution in [2.24, 2.45) is 5.92 Å². The molecule has 0 aromatic heterocycles. The normalized spacial score (nSPS) is 14.1. The first-order valence-electron chi connectivity index (χ1n) is 14.6. The van der Waals surface area contributed by atoms with Gasteiger partial charge >= 0.3 is 0 Å². The van der Waals surface area contributed by atoms with E-state index in [0.29, 0.717) is 18.4 Å². The van der Waals surface area contributed by atoms with Crippen molar-refractivity contribution in [2.75, 3.05) is 53.2 Å². The third-order valence-corrected chi connectivity index (χ3v) is 5.85. The lowest BCUT2D eigenvalue weighted by Gasteiger charge is -2.20.